The normalized spacial score (nSPS) is 24.5. The molecule has 3 nitrogen and oxygen atoms in total. The number of carboxylic acid groups (broad SMARTS) is 1. The number of aliphatic carboxylic acids is 1. The van der Waals surface area contributed by atoms with Crippen LogP contribution in [0.5, 0.6) is 0 Å². The van der Waals surface area contributed by atoms with E-state index in [1.54, 1.807) is 13.0 Å². The number of alkyl halides is 2. The van der Waals surface area contributed by atoms with E-state index in [0.29, 0.717) is 0 Å². The molecule has 1 aliphatic carbocycles. The van der Waals surface area contributed by atoms with Crippen molar-refractivity contribution in [3.05, 3.63) is 22.3 Å². The Hall–Kier alpha value is -0.690. The minimum Gasteiger partial charge on any atom is -0.478 e. The fourth-order valence-corrected chi connectivity index (χ4v) is 2.03. The summed E-state index contributed by atoms with van der Waals surface area (Å²) in [7, 11) is 0. The van der Waals surface area contributed by atoms with Gasteiger partial charge in [0, 0.05) is 11.0 Å². The highest BCUT2D eigenvalue weighted by Crippen LogP contribution is 2.46. The van der Waals surface area contributed by atoms with Crippen LogP contribution in [0.15, 0.2) is 22.3 Å². The Morgan fingerprint density at radius 2 is 2.20 bits per heavy atom. The van der Waals surface area contributed by atoms with Crippen LogP contribution in [0, 0.1) is 17.2 Å². The molecule has 0 bridgehead atoms. The first kappa shape index (κ1) is 12.4. The van der Waals surface area contributed by atoms with E-state index in [9.17, 15) is 4.79 Å². The number of carbonyl (C=O) groups is 1. The van der Waals surface area contributed by atoms with Gasteiger partial charge >= 0.3 is 5.97 Å². The SMILES string of the molecule is CC1C(Cl)=C(C(=O)O)C=C(C#N)C1(Cl)Cl. The van der Waals surface area contributed by atoms with Crippen LogP contribution in [-0.4, -0.2) is 15.4 Å². The molecule has 1 aliphatic rings. The molecule has 0 aliphatic heterocycles. The minimum absolute atomic E-state index is 0.0138. The number of rotatable bonds is 1. The van der Waals surface area contributed by atoms with E-state index in [-0.39, 0.29) is 16.2 Å². The highest BCUT2D eigenvalue weighted by Gasteiger charge is 2.42. The molecule has 1 rings (SSSR count). The fraction of sp³-hybridized carbons (Fsp3) is 0.333. The van der Waals surface area contributed by atoms with Crippen LogP contribution in [0.2, 0.25) is 0 Å². The minimum atomic E-state index is -1.47. The van der Waals surface area contributed by atoms with Gasteiger partial charge in [-0.2, -0.15) is 5.26 Å². The van der Waals surface area contributed by atoms with Crippen molar-refractivity contribution >= 4 is 40.8 Å². The Bertz CT molecular complexity index is 418. The smallest absolute Gasteiger partial charge is 0.336 e. The van der Waals surface area contributed by atoms with Crippen LogP contribution in [0.3, 0.4) is 0 Å². The second kappa shape index (κ2) is 4.05. The predicted molar refractivity (Wildman–Crippen MR) is 57.8 cm³/mol. The van der Waals surface area contributed by atoms with Gasteiger partial charge < -0.3 is 5.11 Å². The molecule has 0 saturated heterocycles. The Kier molecular flexibility index (Phi) is 3.34. The van der Waals surface area contributed by atoms with E-state index < -0.39 is 16.2 Å². The van der Waals surface area contributed by atoms with Crippen molar-refractivity contribution < 1.29 is 9.90 Å². The quantitative estimate of drug-likeness (QED) is 0.742. The van der Waals surface area contributed by atoms with Gasteiger partial charge in [0.25, 0.3) is 0 Å². The Morgan fingerprint density at radius 1 is 1.67 bits per heavy atom. The van der Waals surface area contributed by atoms with Gasteiger partial charge in [0.05, 0.1) is 17.2 Å². The number of nitrogens with zero attached hydrogens (tertiary/aromatic N) is 1. The lowest BCUT2D eigenvalue weighted by molar-refractivity contribution is -0.132. The van der Waals surface area contributed by atoms with Gasteiger partial charge in [-0.3, -0.25) is 0 Å². The molecule has 1 atom stereocenters. The Balaban J connectivity index is 3.38. The van der Waals surface area contributed by atoms with Crippen molar-refractivity contribution in [3.8, 4) is 6.07 Å². The Morgan fingerprint density at radius 3 is 2.60 bits per heavy atom. The van der Waals surface area contributed by atoms with E-state index in [4.69, 9.17) is 45.2 Å². The summed E-state index contributed by atoms with van der Waals surface area (Å²) in [6, 6.07) is 1.77. The molecule has 6 heteroatoms. The molecule has 0 aromatic rings. The number of halogens is 3. The predicted octanol–water partition coefficient (Wildman–Crippen LogP) is 2.84. The van der Waals surface area contributed by atoms with E-state index in [1.165, 1.54) is 0 Å². The summed E-state index contributed by atoms with van der Waals surface area (Å²) in [4.78, 5) is 10.8. The summed E-state index contributed by atoms with van der Waals surface area (Å²) < 4.78 is -1.47. The van der Waals surface area contributed by atoms with Crippen molar-refractivity contribution in [1.82, 2.24) is 0 Å². The van der Waals surface area contributed by atoms with Gasteiger partial charge in [0.15, 0.2) is 4.33 Å². The van der Waals surface area contributed by atoms with Gasteiger partial charge in [-0.1, -0.05) is 41.7 Å². The van der Waals surface area contributed by atoms with Crippen LogP contribution < -0.4 is 0 Å². The second-order valence-electron chi connectivity index (χ2n) is 3.08. The summed E-state index contributed by atoms with van der Waals surface area (Å²) >= 11 is 17.6. The van der Waals surface area contributed by atoms with E-state index >= 15 is 0 Å². The molecule has 0 radical (unpaired) electrons. The zero-order valence-corrected chi connectivity index (χ0v) is 9.86. The van der Waals surface area contributed by atoms with Crippen LogP contribution in [-0.2, 0) is 4.79 Å². The van der Waals surface area contributed by atoms with E-state index in [0.717, 1.165) is 6.08 Å². The Labute approximate surface area is 102 Å². The van der Waals surface area contributed by atoms with Gasteiger partial charge in [0.2, 0.25) is 0 Å². The maximum atomic E-state index is 10.8. The first-order valence-corrected chi connectivity index (χ1v) is 5.08. The zero-order chi connectivity index (χ0) is 11.8. The summed E-state index contributed by atoms with van der Waals surface area (Å²) in [5.41, 5.74) is -0.155. The highest BCUT2D eigenvalue weighted by atomic mass is 35.5. The molecule has 0 heterocycles. The lowest BCUT2D eigenvalue weighted by Gasteiger charge is -2.30. The largest absolute Gasteiger partial charge is 0.478 e. The van der Waals surface area contributed by atoms with Crippen molar-refractivity contribution in [2.24, 2.45) is 5.92 Å². The average molecular weight is 267 g/mol. The van der Waals surface area contributed by atoms with E-state index in [2.05, 4.69) is 0 Å². The first-order valence-electron chi connectivity index (χ1n) is 3.95. The topological polar surface area (TPSA) is 61.1 Å². The second-order valence-corrected chi connectivity index (χ2v) is 4.87. The third-order valence-corrected chi connectivity index (χ3v) is 3.77. The van der Waals surface area contributed by atoms with Gasteiger partial charge in [-0.25, -0.2) is 4.79 Å². The number of hydrogen-bond acceptors (Lipinski definition) is 2. The summed E-state index contributed by atoms with van der Waals surface area (Å²) in [6.45, 7) is 1.57. The zero-order valence-electron chi connectivity index (χ0n) is 7.59. The monoisotopic (exact) mass is 265 g/mol. The number of hydrogen-bond donors (Lipinski definition) is 1. The van der Waals surface area contributed by atoms with Crippen LogP contribution in [0.1, 0.15) is 6.92 Å². The molecule has 1 N–H and O–H groups in total. The molecule has 0 spiro atoms. The summed E-state index contributed by atoms with van der Waals surface area (Å²) in [5, 5.41) is 17.7. The average Bonchev–Trinajstić information content (AvgIpc) is 2.14. The third-order valence-electron chi connectivity index (χ3n) is 2.18. The van der Waals surface area contributed by atoms with Crippen LogP contribution >= 0.6 is 34.8 Å². The summed E-state index contributed by atoms with van der Waals surface area (Å²) in [5.74, 6) is -1.84. The summed E-state index contributed by atoms with van der Waals surface area (Å²) in [6.07, 6.45) is 1.10. The van der Waals surface area contributed by atoms with Crippen molar-refractivity contribution in [3.63, 3.8) is 0 Å². The molecular formula is C9H6Cl3NO2. The highest BCUT2D eigenvalue weighted by molar-refractivity contribution is 6.52. The van der Waals surface area contributed by atoms with Crippen molar-refractivity contribution in [2.45, 2.75) is 11.3 Å². The number of carboxylic acids is 1. The molecule has 0 aromatic heterocycles. The molecule has 80 valence electrons. The van der Waals surface area contributed by atoms with Crippen LogP contribution in [0.25, 0.3) is 0 Å². The number of allylic oxidation sites excluding steroid dienone is 2. The van der Waals surface area contributed by atoms with Gasteiger partial charge in [0.1, 0.15) is 0 Å². The van der Waals surface area contributed by atoms with Crippen LogP contribution in [0.4, 0.5) is 0 Å². The molecule has 1 unspecified atom stereocenters. The molecule has 0 fully saturated rings. The van der Waals surface area contributed by atoms with E-state index in [1.807, 2.05) is 0 Å². The molecule has 15 heavy (non-hydrogen) atoms. The third kappa shape index (κ3) is 1.98. The molecular weight excluding hydrogens is 260 g/mol. The standard InChI is InChI=1S/C9H6Cl3NO2/c1-4-7(10)6(8(14)15)2-5(3-13)9(4,11)12/h2,4H,1H3,(H,14,15). The lowest BCUT2D eigenvalue weighted by atomic mass is 9.90. The number of nitriles is 1. The maximum absolute atomic E-state index is 10.8. The first-order chi connectivity index (χ1) is 6.82. The fourth-order valence-electron chi connectivity index (χ4n) is 1.21. The van der Waals surface area contributed by atoms with Crippen molar-refractivity contribution in [2.75, 3.05) is 0 Å². The maximum Gasteiger partial charge on any atom is 0.336 e. The molecule has 0 saturated carbocycles. The lowest BCUT2D eigenvalue weighted by Crippen LogP contribution is -2.30. The van der Waals surface area contributed by atoms with Gasteiger partial charge in [-0.15, -0.1) is 0 Å². The molecule has 0 aromatic carbocycles. The molecule has 0 amide bonds. The van der Waals surface area contributed by atoms with Crippen molar-refractivity contribution in [1.29, 1.82) is 5.26 Å². The van der Waals surface area contributed by atoms with Gasteiger partial charge in [-0.05, 0) is 6.08 Å².